The molecule has 252 valence electrons. The lowest BCUT2D eigenvalue weighted by Crippen LogP contribution is -1.92. The molecular formula is C54H30O. The van der Waals surface area contributed by atoms with E-state index in [4.69, 9.17) is 16.8 Å². The minimum absolute atomic E-state index is 0.0255. The van der Waals surface area contributed by atoms with Gasteiger partial charge in [-0.2, -0.15) is 0 Å². The first kappa shape index (κ1) is 17.3. The molecule has 0 saturated heterocycles. The first-order valence-electron chi connectivity index (χ1n) is 26.6. The maximum Gasteiger partial charge on any atom is 0.136 e. The van der Waals surface area contributed by atoms with E-state index >= 15 is 0 Å². The summed E-state index contributed by atoms with van der Waals surface area (Å²) in [6.45, 7) is 0. The molecular weight excluding hydrogens is 665 g/mol. The Bertz CT molecular complexity index is 4720. The minimum Gasteiger partial charge on any atom is -0.456 e. The van der Waals surface area contributed by atoms with Gasteiger partial charge >= 0.3 is 0 Å². The summed E-state index contributed by atoms with van der Waals surface area (Å²) in [4.78, 5) is 0. The quantitative estimate of drug-likeness (QED) is 0.166. The molecule has 0 aliphatic carbocycles. The van der Waals surface area contributed by atoms with E-state index in [9.17, 15) is 12.3 Å². The summed E-state index contributed by atoms with van der Waals surface area (Å²) < 4.78 is 172. The molecule has 13 rings (SSSR count). The highest BCUT2D eigenvalue weighted by Gasteiger charge is 2.21. The van der Waals surface area contributed by atoms with Crippen molar-refractivity contribution in [1.29, 1.82) is 0 Å². The van der Waals surface area contributed by atoms with Crippen LogP contribution in [0.3, 0.4) is 0 Å². The highest BCUT2D eigenvalue weighted by atomic mass is 16.3. The van der Waals surface area contributed by atoms with Crippen LogP contribution < -0.4 is 0 Å². The van der Waals surface area contributed by atoms with Gasteiger partial charge in [0.1, 0.15) is 11.2 Å². The van der Waals surface area contributed by atoms with E-state index in [1.54, 1.807) is 30.3 Å². The lowest BCUT2D eigenvalue weighted by atomic mass is 9.84. The molecule has 1 aromatic heterocycles. The Kier molecular flexibility index (Phi) is 3.36. The zero-order valence-electron chi connectivity index (χ0n) is 46.3. The number of furan rings is 1. The lowest BCUT2D eigenvalue weighted by Gasteiger charge is -2.19. The first-order valence-corrected chi connectivity index (χ1v) is 17.6. The standard InChI is InChI=1S/C54H30O/c1-2-7-38-30-49-47(28-37(38)6-1)54-43(12-5-13-48(54)55-49)41-25-22-39(40-23-18-35-16-14-31-8-3-10-33-20-26-44(40)52(35)50(31)33)29-46(41)42-24-19-36-17-15-32-9-4-11-34-21-27-45(42)53(36)51(32)34/h1-30H/i3D,4D,8D,9D,10D,11D,14D,15D,16D,17D,18D,19D,20D,21D,23D,24D,26D,27D. The maximum atomic E-state index is 9.90. The molecule has 55 heavy (non-hydrogen) atoms. The van der Waals surface area contributed by atoms with Crippen LogP contribution in [0, 0.1) is 0 Å². The van der Waals surface area contributed by atoms with Crippen molar-refractivity contribution in [2.24, 2.45) is 0 Å². The Hall–Kier alpha value is -7.22. The summed E-state index contributed by atoms with van der Waals surface area (Å²) in [7, 11) is 0. The Labute approximate surface area is 341 Å². The zero-order valence-corrected chi connectivity index (χ0v) is 28.3. The highest BCUT2D eigenvalue weighted by molar-refractivity contribution is 6.28. The van der Waals surface area contributed by atoms with E-state index in [2.05, 4.69) is 0 Å². The van der Waals surface area contributed by atoms with E-state index in [1.807, 2.05) is 42.5 Å². The van der Waals surface area contributed by atoms with Crippen LogP contribution >= 0.6 is 0 Å². The summed E-state index contributed by atoms with van der Waals surface area (Å²) in [6, 6.07) is 11.9. The Balaban J connectivity index is 1.25. The van der Waals surface area contributed by atoms with E-state index in [0.29, 0.717) is 27.7 Å². The van der Waals surface area contributed by atoms with Gasteiger partial charge in [0.2, 0.25) is 0 Å². The van der Waals surface area contributed by atoms with Gasteiger partial charge in [-0.1, -0.05) is 157 Å². The van der Waals surface area contributed by atoms with Gasteiger partial charge in [-0.05, 0) is 133 Å². The van der Waals surface area contributed by atoms with Gasteiger partial charge in [-0.3, -0.25) is 0 Å². The second-order valence-corrected chi connectivity index (χ2v) is 13.7. The van der Waals surface area contributed by atoms with Gasteiger partial charge in [-0.25, -0.2) is 0 Å². The van der Waals surface area contributed by atoms with Gasteiger partial charge in [0, 0.05) is 10.8 Å². The fraction of sp³-hybridized carbons (Fsp3) is 0. The molecule has 0 bridgehead atoms. The molecule has 12 aromatic carbocycles. The van der Waals surface area contributed by atoms with Crippen LogP contribution in [0.5, 0.6) is 0 Å². The van der Waals surface area contributed by atoms with Gasteiger partial charge in [0.25, 0.3) is 0 Å². The van der Waals surface area contributed by atoms with Gasteiger partial charge in [0.15, 0.2) is 0 Å². The number of hydrogen-bond acceptors (Lipinski definition) is 1. The maximum absolute atomic E-state index is 9.90. The predicted molar refractivity (Wildman–Crippen MR) is 235 cm³/mol. The van der Waals surface area contributed by atoms with E-state index in [-0.39, 0.29) is 86.9 Å². The SMILES string of the molecule is [2H]c1c([2H])c2c([2H])c([2H])c3c([2H])c([2H])c(-c4ccc(-c5cccc6oc7cc8ccccc8cc7c56)c(-c5c([2H])c([2H])c6c([2H])c([2H])c7c([2H])c([2H])c([2H])c8c([2H])c([2H])c5c6c78)c4)c4c([2H])c([2H])c(c1[2H])c2c34. The van der Waals surface area contributed by atoms with Crippen LogP contribution in [0.2, 0.25) is 0 Å². The predicted octanol–water partition coefficient (Wildman–Crippen LogP) is 15.5. The summed E-state index contributed by atoms with van der Waals surface area (Å²) in [5.74, 6) is 0. The van der Waals surface area contributed by atoms with Crippen molar-refractivity contribution in [2.75, 3.05) is 0 Å². The molecule has 0 saturated carbocycles. The number of rotatable bonds is 3. The molecule has 0 fully saturated rings. The molecule has 0 N–H and O–H groups in total. The van der Waals surface area contributed by atoms with Crippen molar-refractivity contribution in [1.82, 2.24) is 0 Å². The zero-order chi connectivity index (χ0) is 51.4. The Morgan fingerprint density at radius 3 is 1.55 bits per heavy atom. The van der Waals surface area contributed by atoms with Crippen molar-refractivity contribution in [3.63, 3.8) is 0 Å². The molecule has 0 radical (unpaired) electrons. The average Bonchev–Trinajstić information content (AvgIpc) is 3.74. The smallest absolute Gasteiger partial charge is 0.136 e. The van der Waals surface area contributed by atoms with Gasteiger partial charge < -0.3 is 4.42 Å². The van der Waals surface area contributed by atoms with Crippen LogP contribution in [0.4, 0.5) is 0 Å². The van der Waals surface area contributed by atoms with Crippen molar-refractivity contribution in [3.05, 3.63) is 182 Å². The molecule has 0 spiro atoms. The van der Waals surface area contributed by atoms with Crippen molar-refractivity contribution in [3.8, 4) is 33.4 Å². The molecule has 1 heteroatoms. The van der Waals surface area contributed by atoms with Crippen LogP contribution in [-0.2, 0) is 0 Å². The van der Waals surface area contributed by atoms with Crippen LogP contribution in [0.15, 0.2) is 186 Å². The fourth-order valence-electron chi connectivity index (χ4n) is 8.42. The van der Waals surface area contributed by atoms with Gasteiger partial charge in [-0.15, -0.1) is 0 Å². The van der Waals surface area contributed by atoms with Gasteiger partial charge in [0.05, 0.1) is 24.7 Å². The van der Waals surface area contributed by atoms with Crippen molar-refractivity contribution >= 4 is 97.3 Å². The third kappa shape index (κ3) is 4.02. The molecule has 0 atom stereocenters. The minimum atomic E-state index is -0.616. The summed E-state index contributed by atoms with van der Waals surface area (Å²) >= 11 is 0. The largest absolute Gasteiger partial charge is 0.456 e. The molecule has 1 nitrogen and oxygen atoms in total. The van der Waals surface area contributed by atoms with E-state index in [0.717, 1.165) is 16.2 Å². The number of hydrogen-bond donors (Lipinski definition) is 0. The fourth-order valence-corrected chi connectivity index (χ4v) is 8.42. The summed E-state index contributed by atoms with van der Waals surface area (Å²) in [5.41, 5.74) is 1.95. The molecule has 0 aliphatic rings. The lowest BCUT2D eigenvalue weighted by molar-refractivity contribution is 0.669. The number of fused-ring (bicyclic) bond motifs is 4. The van der Waals surface area contributed by atoms with E-state index < -0.39 is 109 Å². The first-order chi connectivity index (χ1) is 34.8. The highest BCUT2D eigenvalue weighted by Crippen LogP contribution is 2.47. The summed E-state index contributed by atoms with van der Waals surface area (Å²) in [6.07, 6.45) is 0. The second-order valence-electron chi connectivity index (χ2n) is 13.7. The molecule has 13 aromatic rings. The Morgan fingerprint density at radius 1 is 0.309 bits per heavy atom. The van der Waals surface area contributed by atoms with Crippen molar-refractivity contribution in [2.45, 2.75) is 0 Å². The molecule has 1 heterocycles. The molecule has 0 unspecified atom stereocenters. The van der Waals surface area contributed by atoms with Crippen molar-refractivity contribution < 1.29 is 29.1 Å². The third-order valence-corrected chi connectivity index (χ3v) is 10.9. The van der Waals surface area contributed by atoms with Crippen LogP contribution in [-0.4, -0.2) is 0 Å². The Morgan fingerprint density at radius 2 is 0.873 bits per heavy atom. The topological polar surface area (TPSA) is 13.1 Å². The second kappa shape index (κ2) is 10.7. The van der Waals surface area contributed by atoms with Crippen LogP contribution in [0.1, 0.15) is 24.7 Å². The summed E-state index contributed by atoms with van der Waals surface area (Å²) in [5, 5.41) is 1.40. The molecule has 0 aliphatic heterocycles. The molecule has 0 amide bonds. The monoisotopic (exact) mass is 712 g/mol. The van der Waals surface area contributed by atoms with Crippen LogP contribution in [0.25, 0.3) is 131 Å². The number of benzene rings is 12. The third-order valence-electron chi connectivity index (χ3n) is 10.9. The average molecular weight is 713 g/mol. The normalized spacial score (nSPS) is 16.9. The van der Waals surface area contributed by atoms with E-state index in [1.165, 1.54) is 0 Å².